The first-order valence-corrected chi connectivity index (χ1v) is 19.0. The molecule has 0 aliphatic carbocycles. The minimum absolute atomic E-state index is 0. The van der Waals surface area contributed by atoms with Crippen LogP contribution in [0.15, 0.2) is 91.0 Å². The maximum absolute atomic E-state index is 7.18. The van der Waals surface area contributed by atoms with E-state index in [4.69, 9.17) is 9.96 Å². The van der Waals surface area contributed by atoms with Gasteiger partial charge in [-0.2, -0.15) is 0 Å². The van der Waals surface area contributed by atoms with Crippen molar-refractivity contribution in [3.63, 3.8) is 0 Å². The van der Waals surface area contributed by atoms with Crippen LogP contribution in [0.1, 0.15) is 19.3 Å². The van der Waals surface area contributed by atoms with E-state index in [1.807, 2.05) is 91.0 Å². The van der Waals surface area contributed by atoms with E-state index < -0.39 is 15.4 Å². The number of halogens is 3. The molecular weight excluding hydrogens is 593 g/mol. The average Bonchev–Trinajstić information content (AvgIpc) is 2.86. The maximum atomic E-state index is 7.18. The molecule has 1 fully saturated rings. The standard InChI is InChI=1S/C9H20N3.3C6H6O.2CH3.3ClH.Ti/c1-4-10-6-2-8-12-9-3-7-11-5-1;3*7-6-4-2-1-3-5-6;;;;;;/h10-11H,1-9H2;3*1-5,7H;2*1H3;3*1H;/q-1;;;;;;;;;+4/p-3. The number of nitrogens with one attached hydrogen (secondary N) is 2. The zero-order valence-corrected chi connectivity index (χ0v) is 26.9. The summed E-state index contributed by atoms with van der Waals surface area (Å²) in [6.07, 6.45) is 3.07. The monoisotopic (exact) mass is 635 g/mol. The van der Waals surface area contributed by atoms with Gasteiger partial charge in [0.1, 0.15) is 0 Å². The Kier molecular flexibility index (Phi) is 14.1. The predicted molar refractivity (Wildman–Crippen MR) is 166 cm³/mol. The Morgan fingerprint density at radius 3 is 1.15 bits per heavy atom. The third-order valence-electron chi connectivity index (χ3n) is 6.87. The first-order valence-electron chi connectivity index (χ1n) is 13.2. The van der Waals surface area contributed by atoms with Gasteiger partial charge in [0.2, 0.25) is 0 Å². The van der Waals surface area contributed by atoms with Crippen molar-refractivity contribution in [2.75, 3.05) is 39.3 Å². The van der Waals surface area contributed by atoms with Crippen molar-refractivity contribution >= 4 is 37.2 Å². The van der Waals surface area contributed by atoms with Crippen LogP contribution in [0.2, 0.25) is 10.5 Å². The fourth-order valence-electron chi connectivity index (χ4n) is 5.09. The molecule has 0 radical (unpaired) electrons. The Bertz CT molecular complexity index is 973. The van der Waals surface area contributed by atoms with Crippen LogP contribution >= 0.6 is 37.2 Å². The molecule has 10 heteroatoms. The van der Waals surface area contributed by atoms with E-state index in [0.717, 1.165) is 75.8 Å². The number of rotatable bonds is 7. The summed E-state index contributed by atoms with van der Waals surface area (Å²) in [4.78, 5) is 0. The van der Waals surface area contributed by atoms with Crippen LogP contribution in [0.25, 0.3) is 0 Å². The van der Waals surface area contributed by atoms with Crippen LogP contribution < -0.4 is 20.6 Å². The van der Waals surface area contributed by atoms with Gasteiger partial charge in [-0.05, 0) is 0 Å². The minimum atomic E-state index is -5.58. The summed E-state index contributed by atoms with van der Waals surface area (Å²) in [5.74, 6) is 2.21. The number of hydrogen-bond acceptors (Lipinski definition) is 6. The molecule has 3 aromatic rings. The molecule has 0 aromatic heterocycles. The van der Waals surface area contributed by atoms with Gasteiger partial charge in [0.15, 0.2) is 0 Å². The van der Waals surface area contributed by atoms with Gasteiger partial charge in [-0.3, -0.25) is 0 Å². The molecule has 1 heterocycles. The summed E-state index contributed by atoms with van der Waals surface area (Å²) in [6, 6.07) is 29.8. The molecular formula is C29H44Cl3N3O3Ti. The van der Waals surface area contributed by atoms with Crippen LogP contribution in [0, 0.1) is 0 Å². The normalized spacial score (nSPS) is 17.1. The molecule has 0 spiro atoms. The third-order valence-corrected chi connectivity index (χ3v) is 15.0. The van der Waals surface area contributed by atoms with Crippen LogP contribution in [-0.2, 0) is 15.4 Å². The first-order chi connectivity index (χ1) is 17.4. The van der Waals surface area contributed by atoms with Gasteiger partial charge in [0, 0.05) is 0 Å². The fraction of sp³-hybridized carbons (Fsp3) is 0.379. The van der Waals surface area contributed by atoms with Gasteiger partial charge in [0.05, 0.1) is 0 Å². The zero-order valence-electron chi connectivity index (χ0n) is 22.9. The van der Waals surface area contributed by atoms with E-state index >= 15 is 0 Å². The molecule has 218 valence electrons. The number of nitrogens with zero attached hydrogens (tertiary/aromatic N) is 1. The van der Waals surface area contributed by atoms with Crippen molar-refractivity contribution in [1.82, 2.24) is 14.0 Å². The number of para-hydroxylation sites is 3. The van der Waals surface area contributed by atoms with Gasteiger partial charge in [-0.25, -0.2) is 0 Å². The topological polar surface area (TPSA) is 55.0 Å². The summed E-state index contributed by atoms with van der Waals surface area (Å²) in [7, 11) is 0. The van der Waals surface area contributed by atoms with E-state index in [-0.39, 0.29) is 37.2 Å². The fourth-order valence-corrected chi connectivity index (χ4v) is 12.9. The Morgan fingerprint density at radius 2 is 0.821 bits per heavy atom. The summed E-state index contributed by atoms with van der Waals surface area (Å²) in [6.45, 7) is 5.48. The summed E-state index contributed by atoms with van der Waals surface area (Å²) < 4.78 is 23.9. The molecule has 1 saturated heterocycles. The Hall–Kier alpha value is -1.48. The molecule has 39 heavy (non-hydrogen) atoms. The summed E-state index contributed by atoms with van der Waals surface area (Å²) >= 11 is -5.58. The van der Waals surface area contributed by atoms with Gasteiger partial charge >= 0.3 is 217 Å². The molecule has 0 bridgehead atoms. The summed E-state index contributed by atoms with van der Waals surface area (Å²) in [5, 5.41) is 11.4. The second-order valence-electron chi connectivity index (χ2n) is 10.5. The second kappa shape index (κ2) is 15.5. The SMILES string of the molecule is Cl.Cl.Cl.[CH3][Ti]([CH3])([O]c1ccccc1)([O]c1ccccc1)([O]c1ccccc1)[N]1CCCNCCCNCCC1. The zero-order chi connectivity index (χ0) is 25.2. The van der Waals surface area contributed by atoms with Crippen molar-refractivity contribution in [2.24, 2.45) is 0 Å². The molecule has 6 nitrogen and oxygen atoms in total. The van der Waals surface area contributed by atoms with Crippen molar-refractivity contribution in [3.05, 3.63) is 91.0 Å². The molecule has 1 aliphatic rings. The van der Waals surface area contributed by atoms with Crippen molar-refractivity contribution in [3.8, 4) is 17.2 Å². The molecule has 1 aliphatic heterocycles. The van der Waals surface area contributed by atoms with Crippen LogP contribution in [0.4, 0.5) is 0 Å². The molecule has 4 rings (SSSR count). The van der Waals surface area contributed by atoms with E-state index in [1.165, 1.54) is 0 Å². The van der Waals surface area contributed by atoms with Crippen molar-refractivity contribution in [1.29, 1.82) is 0 Å². The average molecular weight is 637 g/mol. The number of benzene rings is 3. The number of hydrogen-bond donors (Lipinski definition) is 2. The second-order valence-corrected chi connectivity index (χ2v) is 20.9. The van der Waals surface area contributed by atoms with Gasteiger partial charge < -0.3 is 0 Å². The Labute approximate surface area is 252 Å². The molecule has 0 saturated carbocycles. The Morgan fingerprint density at radius 1 is 0.513 bits per heavy atom. The van der Waals surface area contributed by atoms with Crippen LogP contribution in [-0.4, -0.2) is 42.7 Å². The van der Waals surface area contributed by atoms with Gasteiger partial charge in [0.25, 0.3) is 0 Å². The quantitative estimate of drug-likeness (QED) is 0.269. The van der Waals surface area contributed by atoms with Crippen molar-refractivity contribution in [2.45, 2.75) is 29.7 Å². The van der Waals surface area contributed by atoms with E-state index in [9.17, 15) is 0 Å². The van der Waals surface area contributed by atoms with Crippen LogP contribution in [0.3, 0.4) is 0 Å². The molecule has 2 N–H and O–H groups in total. The van der Waals surface area contributed by atoms with E-state index in [0.29, 0.717) is 0 Å². The molecule has 3 aromatic carbocycles. The molecule has 0 atom stereocenters. The van der Waals surface area contributed by atoms with E-state index in [2.05, 4.69) is 24.5 Å². The predicted octanol–water partition coefficient (Wildman–Crippen LogP) is 7.14. The van der Waals surface area contributed by atoms with Gasteiger partial charge in [-0.1, -0.05) is 0 Å². The summed E-state index contributed by atoms with van der Waals surface area (Å²) in [5.41, 5.74) is 0. The van der Waals surface area contributed by atoms with E-state index in [1.54, 1.807) is 0 Å². The van der Waals surface area contributed by atoms with Crippen LogP contribution in [0.5, 0.6) is 17.2 Å². The van der Waals surface area contributed by atoms with Gasteiger partial charge in [-0.15, -0.1) is 37.2 Å². The molecule has 0 amide bonds. The third kappa shape index (κ3) is 9.55. The van der Waals surface area contributed by atoms with Crippen molar-refractivity contribution < 1.29 is 25.4 Å². The molecule has 0 unspecified atom stereocenters. The Balaban J connectivity index is 0.00000253. The first kappa shape index (κ1) is 35.6.